The molecule has 0 saturated carbocycles. The van der Waals surface area contributed by atoms with Gasteiger partial charge in [0, 0.05) is 32.6 Å². The average molecular weight is 516 g/mol. The highest BCUT2D eigenvalue weighted by molar-refractivity contribution is 9.10. The van der Waals surface area contributed by atoms with Gasteiger partial charge in [0.2, 0.25) is 0 Å². The van der Waals surface area contributed by atoms with Gasteiger partial charge in [-0.3, -0.25) is 0 Å². The molecule has 32 heavy (non-hydrogen) atoms. The number of sulfone groups is 1. The van der Waals surface area contributed by atoms with Crippen molar-refractivity contribution in [2.45, 2.75) is 5.75 Å². The maximum atomic E-state index is 13.7. The third-order valence-corrected chi connectivity index (χ3v) is 6.38. The molecule has 0 aliphatic rings. The Morgan fingerprint density at radius 3 is 2.50 bits per heavy atom. The average Bonchev–Trinajstić information content (AvgIpc) is 2.75. The minimum absolute atomic E-state index is 0.00163. The molecule has 0 bridgehead atoms. The van der Waals surface area contributed by atoms with Crippen LogP contribution in [0.1, 0.15) is 11.1 Å². The summed E-state index contributed by atoms with van der Waals surface area (Å²) in [7, 11) is -3.65. The fourth-order valence-electron chi connectivity index (χ4n) is 3.04. The van der Waals surface area contributed by atoms with Gasteiger partial charge in [0.05, 0.1) is 11.3 Å². The highest BCUT2D eigenvalue weighted by Crippen LogP contribution is 2.26. The van der Waals surface area contributed by atoms with E-state index in [-0.39, 0.29) is 11.3 Å². The van der Waals surface area contributed by atoms with Crippen LogP contribution < -0.4 is 5.32 Å². The summed E-state index contributed by atoms with van der Waals surface area (Å²) in [6.07, 6.45) is 2.59. The van der Waals surface area contributed by atoms with E-state index in [1.165, 1.54) is 12.4 Å². The van der Waals surface area contributed by atoms with Crippen LogP contribution in [0.3, 0.4) is 0 Å². The molecular weight excluding hydrogens is 500 g/mol. The first-order valence-electron chi connectivity index (χ1n) is 9.41. The summed E-state index contributed by atoms with van der Waals surface area (Å²) < 4.78 is 52.3. The third-order valence-electron chi connectivity index (χ3n) is 4.60. The molecule has 1 aromatic heterocycles. The molecule has 0 aliphatic heterocycles. The number of nitrogens with one attached hydrogen (secondary N) is 1. The van der Waals surface area contributed by atoms with Crippen molar-refractivity contribution >= 4 is 54.3 Å². The molecule has 0 unspecified atom stereocenters. The monoisotopic (exact) mass is 515 g/mol. The van der Waals surface area contributed by atoms with E-state index in [4.69, 9.17) is 0 Å². The maximum absolute atomic E-state index is 13.7. The summed E-state index contributed by atoms with van der Waals surface area (Å²) in [4.78, 5) is 8.53. The molecule has 0 aliphatic carbocycles. The quantitative estimate of drug-likeness (QED) is 0.341. The first-order valence-corrected chi connectivity index (χ1v) is 11.9. The van der Waals surface area contributed by atoms with Crippen LogP contribution in [0.2, 0.25) is 0 Å². The number of hydrogen-bond acceptors (Lipinski definition) is 5. The predicted octanol–water partition coefficient (Wildman–Crippen LogP) is 6.00. The molecule has 3 aromatic carbocycles. The van der Waals surface area contributed by atoms with Crippen LogP contribution in [0, 0.1) is 11.6 Å². The van der Waals surface area contributed by atoms with Crippen molar-refractivity contribution in [3.05, 3.63) is 99.6 Å². The normalized spacial score (nSPS) is 11.8. The Balaban J connectivity index is 1.48. The van der Waals surface area contributed by atoms with Crippen LogP contribution >= 0.6 is 15.9 Å². The van der Waals surface area contributed by atoms with Gasteiger partial charge in [-0.05, 0) is 54.1 Å². The lowest BCUT2D eigenvalue weighted by molar-refractivity contribution is 0.581. The zero-order valence-electron chi connectivity index (χ0n) is 16.5. The number of halogens is 3. The van der Waals surface area contributed by atoms with Crippen molar-refractivity contribution < 1.29 is 17.2 Å². The molecule has 9 heteroatoms. The maximum Gasteiger partial charge on any atom is 0.175 e. The number of fused-ring (bicyclic) bond motifs is 1. The zero-order valence-corrected chi connectivity index (χ0v) is 18.9. The van der Waals surface area contributed by atoms with Gasteiger partial charge in [0.15, 0.2) is 9.84 Å². The van der Waals surface area contributed by atoms with Gasteiger partial charge in [-0.15, -0.1) is 0 Å². The summed E-state index contributed by atoms with van der Waals surface area (Å²) in [5, 5.41) is 4.98. The fraction of sp³-hybridized carbons (Fsp3) is 0.0435. The summed E-state index contributed by atoms with van der Waals surface area (Å²) in [6.45, 7) is 0. The number of benzene rings is 3. The molecule has 1 heterocycles. The Bertz CT molecular complexity index is 1430. The van der Waals surface area contributed by atoms with Crippen LogP contribution in [0.4, 0.5) is 20.3 Å². The van der Waals surface area contributed by atoms with Crippen molar-refractivity contribution in [3.8, 4) is 0 Å². The van der Waals surface area contributed by atoms with Crippen molar-refractivity contribution in [2.24, 2.45) is 0 Å². The van der Waals surface area contributed by atoms with E-state index in [2.05, 4.69) is 31.2 Å². The van der Waals surface area contributed by atoms with Crippen LogP contribution in [-0.4, -0.2) is 18.4 Å². The van der Waals surface area contributed by atoms with Gasteiger partial charge in [0.25, 0.3) is 0 Å². The van der Waals surface area contributed by atoms with E-state index >= 15 is 0 Å². The van der Waals surface area contributed by atoms with Gasteiger partial charge in [-0.1, -0.05) is 28.1 Å². The lowest BCUT2D eigenvalue weighted by Crippen LogP contribution is -2.01. The zero-order chi connectivity index (χ0) is 22.7. The number of hydrogen-bond donors (Lipinski definition) is 1. The molecule has 0 fully saturated rings. The second kappa shape index (κ2) is 9.13. The number of anilines is 2. The van der Waals surface area contributed by atoms with E-state index in [0.29, 0.717) is 17.4 Å². The van der Waals surface area contributed by atoms with Crippen molar-refractivity contribution in [2.75, 3.05) is 5.32 Å². The summed E-state index contributed by atoms with van der Waals surface area (Å²) in [5.74, 6) is -1.17. The Labute approximate surface area is 191 Å². The van der Waals surface area contributed by atoms with E-state index in [1.54, 1.807) is 24.3 Å². The fourth-order valence-corrected chi connectivity index (χ4v) is 4.51. The Kier molecular flexibility index (Phi) is 6.29. The lowest BCUT2D eigenvalue weighted by Gasteiger charge is -2.09. The molecule has 4 aromatic rings. The molecule has 0 saturated heterocycles. The predicted molar refractivity (Wildman–Crippen MR) is 125 cm³/mol. The van der Waals surface area contributed by atoms with Crippen molar-refractivity contribution in [1.82, 2.24) is 9.97 Å². The van der Waals surface area contributed by atoms with E-state index in [0.717, 1.165) is 38.6 Å². The molecule has 0 spiro atoms. The minimum Gasteiger partial charge on any atom is -0.340 e. The standard InChI is InChI=1S/C23H16BrF2N3O2S/c24-17-4-8-22-20(11-17)23(28-14-27-22)29-19-6-1-15(2-7-19)13-32(30,31)10-9-16-3-5-18(25)12-21(16)26/h1-12,14H,13H2,(H,27,28,29)/b10-9+. The molecule has 0 amide bonds. The number of aromatic nitrogens is 2. The van der Waals surface area contributed by atoms with E-state index in [9.17, 15) is 17.2 Å². The van der Waals surface area contributed by atoms with Crippen molar-refractivity contribution in [3.63, 3.8) is 0 Å². The molecule has 0 radical (unpaired) electrons. The lowest BCUT2D eigenvalue weighted by atomic mass is 10.2. The Hall–Kier alpha value is -3.17. The topological polar surface area (TPSA) is 72.0 Å². The number of rotatable bonds is 6. The first kappa shape index (κ1) is 22.0. The van der Waals surface area contributed by atoms with Gasteiger partial charge >= 0.3 is 0 Å². The first-order chi connectivity index (χ1) is 15.3. The highest BCUT2D eigenvalue weighted by Gasteiger charge is 2.10. The minimum atomic E-state index is -3.65. The van der Waals surface area contributed by atoms with Crippen LogP contribution in [0.25, 0.3) is 17.0 Å². The molecule has 4 rings (SSSR count). The van der Waals surface area contributed by atoms with E-state index in [1.807, 2.05) is 18.2 Å². The van der Waals surface area contributed by atoms with Crippen LogP contribution in [0.15, 0.2) is 76.9 Å². The van der Waals surface area contributed by atoms with Gasteiger partial charge < -0.3 is 5.32 Å². The van der Waals surface area contributed by atoms with Crippen LogP contribution in [0.5, 0.6) is 0 Å². The number of nitrogens with zero attached hydrogens (tertiary/aromatic N) is 2. The van der Waals surface area contributed by atoms with Crippen molar-refractivity contribution in [1.29, 1.82) is 0 Å². The second-order valence-electron chi connectivity index (χ2n) is 6.98. The largest absolute Gasteiger partial charge is 0.340 e. The summed E-state index contributed by atoms with van der Waals surface area (Å²) >= 11 is 3.44. The Morgan fingerprint density at radius 2 is 1.75 bits per heavy atom. The third kappa shape index (κ3) is 5.35. The highest BCUT2D eigenvalue weighted by atomic mass is 79.9. The van der Waals surface area contributed by atoms with Gasteiger partial charge in [-0.2, -0.15) is 0 Å². The van der Waals surface area contributed by atoms with Crippen LogP contribution in [-0.2, 0) is 15.6 Å². The SMILES string of the molecule is O=S(=O)(/C=C/c1ccc(F)cc1F)Cc1ccc(Nc2ncnc3ccc(Br)cc23)cc1. The molecule has 0 atom stereocenters. The second-order valence-corrected chi connectivity index (χ2v) is 9.78. The molecule has 1 N–H and O–H groups in total. The molecule has 5 nitrogen and oxygen atoms in total. The summed E-state index contributed by atoms with van der Waals surface area (Å²) in [5.41, 5.74) is 2.08. The summed E-state index contributed by atoms with van der Waals surface area (Å²) in [6, 6.07) is 15.5. The molecule has 162 valence electrons. The van der Waals surface area contributed by atoms with Gasteiger partial charge in [-0.25, -0.2) is 27.2 Å². The smallest absolute Gasteiger partial charge is 0.175 e. The molecular formula is C23H16BrF2N3O2S. The Morgan fingerprint density at radius 1 is 0.969 bits per heavy atom. The van der Waals surface area contributed by atoms with Gasteiger partial charge in [0.1, 0.15) is 23.8 Å². The van der Waals surface area contributed by atoms with E-state index < -0.39 is 21.5 Å².